The zero-order valence-corrected chi connectivity index (χ0v) is 13.4. The Labute approximate surface area is 134 Å². The van der Waals surface area contributed by atoms with E-state index in [4.69, 9.17) is 0 Å². The molecule has 22 heavy (non-hydrogen) atoms. The predicted molar refractivity (Wildman–Crippen MR) is 88.5 cm³/mol. The Morgan fingerprint density at radius 1 is 1.05 bits per heavy atom. The Morgan fingerprint density at radius 2 is 1.73 bits per heavy atom. The first-order valence-corrected chi connectivity index (χ1v) is 8.42. The fourth-order valence-corrected chi connectivity index (χ4v) is 3.72. The summed E-state index contributed by atoms with van der Waals surface area (Å²) in [5.74, 6) is 0.347. The molecule has 1 aliphatic rings. The summed E-state index contributed by atoms with van der Waals surface area (Å²) in [6, 6.07) is 13.3. The van der Waals surface area contributed by atoms with Gasteiger partial charge in [-0.2, -0.15) is 0 Å². The van der Waals surface area contributed by atoms with E-state index < -0.39 is 0 Å². The van der Waals surface area contributed by atoms with Crippen LogP contribution < -0.4 is 0 Å². The van der Waals surface area contributed by atoms with Gasteiger partial charge in [-0.15, -0.1) is 11.3 Å². The lowest BCUT2D eigenvalue weighted by atomic mass is 9.89. The van der Waals surface area contributed by atoms with Crippen molar-refractivity contribution < 1.29 is 9.59 Å². The van der Waals surface area contributed by atoms with Crippen molar-refractivity contribution in [1.29, 1.82) is 0 Å². The zero-order valence-electron chi connectivity index (χ0n) is 12.6. The van der Waals surface area contributed by atoms with E-state index in [0.717, 1.165) is 28.2 Å². The highest BCUT2D eigenvalue weighted by Crippen LogP contribution is 2.24. The van der Waals surface area contributed by atoms with E-state index in [1.165, 1.54) is 11.3 Å². The molecule has 0 unspecified atom stereocenters. The van der Waals surface area contributed by atoms with E-state index in [9.17, 15) is 9.59 Å². The molecule has 0 atom stereocenters. The van der Waals surface area contributed by atoms with Gasteiger partial charge in [-0.05, 0) is 31.9 Å². The second kappa shape index (κ2) is 6.44. The summed E-state index contributed by atoms with van der Waals surface area (Å²) in [7, 11) is 0. The first kappa shape index (κ1) is 15.0. The lowest BCUT2D eigenvalue weighted by molar-refractivity contribution is 0.0654. The fraction of sp³-hybridized carbons (Fsp3) is 0.333. The van der Waals surface area contributed by atoms with Crippen LogP contribution >= 0.6 is 11.3 Å². The maximum atomic E-state index is 12.4. The maximum Gasteiger partial charge on any atom is 0.263 e. The van der Waals surface area contributed by atoms with Crippen molar-refractivity contribution in [3.8, 4) is 0 Å². The van der Waals surface area contributed by atoms with Gasteiger partial charge < -0.3 is 4.90 Å². The minimum absolute atomic E-state index is 0.0384. The molecule has 0 saturated carbocycles. The van der Waals surface area contributed by atoms with E-state index in [1.54, 1.807) is 0 Å². The smallest absolute Gasteiger partial charge is 0.263 e. The Bertz CT molecular complexity index is 669. The number of hydrogen-bond donors (Lipinski definition) is 0. The van der Waals surface area contributed by atoms with Gasteiger partial charge in [0.05, 0.1) is 4.88 Å². The van der Waals surface area contributed by atoms with Gasteiger partial charge in [0.15, 0.2) is 5.78 Å². The van der Waals surface area contributed by atoms with Gasteiger partial charge >= 0.3 is 0 Å². The van der Waals surface area contributed by atoms with Crippen LogP contribution in [-0.4, -0.2) is 29.7 Å². The third kappa shape index (κ3) is 3.12. The average Bonchev–Trinajstić information content (AvgIpc) is 3.01. The second-order valence-electron chi connectivity index (χ2n) is 5.71. The molecule has 0 aliphatic carbocycles. The number of rotatable bonds is 3. The van der Waals surface area contributed by atoms with Gasteiger partial charge in [-0.1, -0.05) is 30.3 Å². The monoisotopic (exact) mass is 313 g/mol. The van der Waals surface area contributed by atoms with Crippen LogP contribution in [0.1, 0.15) is 37.7 Å². The van der Waals surface area contributed by atoms with Crippen LogP contribution in [0.5, 0.6) is 0 Å². The molecule has 0 spiro atoms. The van der Waals surface area contributed by atoms with Crippen molar-refractivity contribution in [2.75, 3.05) is 13.1 Å². The molecule has 0 radical (unpaired) electrons. The largest absolute Gasteiger partial charge is 0.338 e. The lowest BCUT2D eigenvalue weighted by Gasteiger charge is -2.31. The molecule has 4 heteroatoms. The number of carbonyl (C=O) groups is 2. The van der Waals surface area contributed by atoms with Crippen LogP contribution in [-0.2, 0) is 0 Å². The van der Waals surface area contributed by atoms with Crippen LogP contribution in [0.3, 0.4) is 0 Å². The summed E-state index contributed by atoms with van der Waals surface area (Å²) in [4.78, 5) is 28.7. The van der Waals surface area contributed by atoms with E-state index in [0.29, 0.717) is 13.1 Å². The zero-order chi connectivity index (χ0) is 15.5. The molecule has 2 heterocycles. The Kier molecular flexibility index (Phi) is 4.39. The number of carbonyl (C=O) groups excluding carboxylic acids is 2. The van der Waals surface area contributed by atoms with Gasteiger partial charge in [0.2, 0.25) is 0 Å². The molecule has 2 aromatic rings. The molecule has 1 aromatic carbocycles. The summed E-state index contributed by atoms with van der Waals surface area (Å²) in [5, 5.41) is 0. The average molecular weight is 313 g/mol. The number of Topliss-reactive ketones (excluding diaryl/α,β-unsaturated/α-hetero) is 1. The van der Waals surface area contributed by atoms with E-state index in [1.807, 2.05) is 54.3 Å². The van der Waals surface area contributed by atoms with Crippen molar-refractivity contribution in [1.82, 2.24) is 4.90 Å². The topological polar surface area (TPSA) is 37.4 Å². The molecular formula is C18H19NO2S. The summed E-state index contributed by atoms with van der Waals surface area (Å²) in [6.45, 7) is 3.34. The van der Waals surface area contributed by atoms with Crippen LogP contribution in [0.15, 0.2) is 42.5 Å². The summed E-state index contributed by atoms with van der Waals surface area (Å²) in [6.07, 6.45) is 1.51. The molecule has 0 bridgehead atoms. The van der Waals surface area contributed by atoms with Crippen molar-refractivity contribution in [2.24, 2.45) is 5.92 Å². The first-order valence-electron chi connectivity index (χ1n) is 7.60. The fourth-order valence-electron chi connectivity index (χ4n) is 2.89. The number of likely N-dealkylation sites (tertiary alicyclic amines) is 1. The molecule has 1 aromatic heterocycles. The van der Waals surface area contributed by atoms with E-state index in [2.05, 4.69) is 0 Å². The standard InChI is InChI=1S/C18H19NO2S/c1-13-7-8-16(22-13)18(21)19-11-9-15(10-12-19)17(20)14-5-3-2-4-6-14/h2-8,15H,9-12H2,1H3. The molecule has 0 N–H and O–H groups in total. The summed E-state index contributed by atoms with van der Waals surface area (Å²) >= 11 is 1.54. The SMILES string of the molecule is Cc1ccc(C(=O)N2CCC(C(=O)c3ccccc3)CC2)s1. The number of ketones is 1. The van der Waals surface area contributed by atoms with Crippen LogP contribution in [0, 0.1) is 12.8 Å². The van der Waals surface area contributed by atoms with Crippen LogP contribution in [0.25, 0.3) is 0 Å². The molecule has 1 amide bonds. The van der Waals surface area contributed by atoms with Crippen LogP contribution in [0.4, 0.5) is 0 Å². The van der Waals surface area contributed by atoms with Gasteiger partial charge in [-0.3, -0.25) is 9.59 Å². The minimum Gasteiger partial charge on any atom is -0.338 e. The third-order valence-electron chi connectivity index (χ3n) is 4.16. The van der Waals surface area contributed by atoms with Gasteiger partial charge in [0.25, 0.3) is 5.91 Å². The number of hydrogen-bond acceptors (Lipinski definition) is 3. The molecule has 3 rings (SSSR count). The highest BCUT2D eigenvalue weighted by molar-refractivity contribution is 7.13. The van der Waals surface area contributed by atoms with Crippen molar-refractivity contribution in [3.63, 3.8) is 0 Å². The highest BCUT2D eigenvalue weighted by Gasteiger charge is 2.28. The minimum atomic E-state index is 0.0384. The number of benzene rings is 1. The molecule has 1 saturated heterocycles. The third-order valence-corrected chi connectivity index (χ3v) is 5.15. The molecule has 3 nitrogen and oxygen atoms in total. The van der Waals surface area contributed by atoms with Crippen molar-refractivity contribution >= 4 is 23.0 Å². The van der Waals surface area contributed by atoms with Gasteiger partial charge in [-0.25, -0.2) is 0 Å². The van der Waals surface area contributed by atoms with E-state index in [-0.39, 0.29) is 17.6 Å². The van der Waals surface area contributed by atoms with Gasteiger partial charge in [0.1, 0.15) is 0 Å². The molecule has 114 valence electrons. The molecule has 1 fully saturated rings. The Morgan fingerprint density at radius 3 is 2.32 bits per heavy atom. The summed E-state index contributed by atoms with van der Waals surface area (Å²) in [5.41, 5.74) is 0.779. The van der Waals surface area contributed by atoms with Crippen LogP contribution in [0.2, 0.25) is 0 Å². The van der Waals surface area contributed by atoms with Crippen molar-refractivity contribution in [3.05, 3.63) is 57.8 Å². The van der Waals surface area contributed by atoms with E-state index >= 15 is 0 Å². The number of aryl methyl sites for hydroxylation is 1. The number of nitrogens with zero attached hydrogens (tertiary/aromatic N) is 1. The van der Waals surface area contributed by atoms with Gasteiger partial charge in [0, 0.05) is 29.4 Å². The first-order chi connectivity index (χ1) is 10.6. The number of amides is 1. The normalized spacial score (nSPS) is 15.8. The summed E-state index contributed by atoms with van der Waals surface area (Å²) < 4.78 is 0. The maximum absolute atomic E-state index is 12.4. The Hall–Kier alpha value is -1.94. The number of piperidine rings is 1. The second-order valence-corrected chi connectivity index (χ2v) is 6.99. The quantitative estimate of drug-likeness (QED) is 0.808. The lowest BCUT2D eigenvalue weighted by Crippen LogP contribution is -2.40. The predicted octanol–water partition coefficient (Wildman–Crippen LogP) is 3.79. The highest BCUT2D eigenvalue weighted by atomic mass is 32.1. The Balaban J connectivity index is 1.61. The molecule has 1 aliphatic heterocycles. The number of thiophene rings is 1. The molecular weight excluding hydrogens is 294 g/mol. The van der Waals surface area contributed by atoms with Crippen molar-refractivity contribution in [2.45, 2.75) is 19.8 Å².